The van der Waals surface area contributed by atoms with E-state index in [4.69, 9.17) is 4.74 Å². The second-order valence-electron chi connectivity index (χ2n) is 7.03. The van der Waals surface area contributed by atoms with Crippen LogP contribution in [0, 0.1) is 12.8 Å². The van der Waals surface area contributed by atoms with E-state index in [0.29, 0.717) is 18.9 Å². The zero-order chi connectivity index (χ0) is 15.5. The van der Waals surface area contributed by atoms with Gasteiger partial charge in [0.15, 0.2) is 5.72 Å². The van der Waals surface area contributed by atoms with Crippen LogP contribution in [0.3, 0.4) is 0 Å². The first-order chi connectivity index (χ1) is 10.5. The molecule has 0 unspecified atom stereocenters. The fourth-order valence-electron chi connectivity index (χ4n) is 4.31. The molecule has 0 N–H and O–H groups in total. The lowest BCUT2D eigenvalue weighted by Gasteiger charge is -2.34. The molecule has 0 bridgehead atoms. The Bertz CT molecular complexity index is 602. The first-order valence-corrected chi connectivity index (χ1v) is 9.00. The van der Waals surface area contributed by atoms with Crippen LogP contribution >= 0.6 is 11.3 Å². The minimum Gasteiger partial charge on any atom is -0.352 e. The highest BCUT2D eigenvalue weighted by atomic mass is 32.1. The molecule has 6 heteroatoms. The van der Waals surface area contributed by atoms with E-state index in [-0.39, 0.29) is 23.7 Å². The van der Waals surface area contributed by atoms with Crippen molar-refractivity contribution in [2.45, 2.75) is 58.0 Å². The molecule has 1 spiro atoms. The van der Waals surface area contributed by atoms with Crippen molar-refractivity contribution in [1.82, 2.24) is 14.8 Å². The van der Waals surface area contributed by atoms with Gasteiger partial charge in [-0.05, 0) is 12.8 Å². The molecule has 4 heterocycles. The summed E-state index contributed by atoms with van der Waals surface area (Å²) in [5.41, 5.74) is 2.66. The van der Waals surface area contributed by atoms with Crippen LogP contribution in [-0.2, 0) is 16.1 Å². The van der Waals surface area contributed by atoms with E-state index in [1.165, 1.54) is 4.88 Å². The number of carbonyl (C=O) groups excluding carboxylic acids is 1. The Kier molecular flexibility index (Phi) is 3.33. The van der Waals surface area contributed by atoms with Gasteiger partial charge in [0.2, 0.25) is 5.91 Å². The molecule has 22 heavy (non-hydrogen) atoms. The summed E-state index contributed by atoms with van der Waals surface area (Å²) in [4.78, 5) is 22.8. The predicted molar refractivity (Wildman–Crippen MR) is 84.4 cm³/mol. The fraction of sp³-hybridized carbons (Fsp3) is 0.750. The minimum atomic E-state index is -0.357. The van der Waals surface area contributed by atoms with E-state index in [1.807, 2.05) is 5.51 Å². The zero-order valence-electron chi connectivity index (χ0n) is 13.4. The normalized spacial score (nSPS) is 34.7. The molecule has 1 aromatic heterocycles. The van der Waals surface area contributed by atoms with Gasteiger partial charge in [-0.25, -0.2) is 4.98 Å². The second kappa shape index (κ2) is 5.01. The Hall–Kier alpha value is -0.980. The summed E-state index contributed by atoms with van der Waals surface area (Å²) in [6.45, 7) is 9.00. The number of amides is 1. The van der Waals surface area contributed by atoms with E-state index in [0.717, 1.165) is 25.2 Å². The van der Waals surface area contributed by atoms with Crippen LogP contribution in [0.1, 0.15) is 37.3 Å². The Morgan fingerprint density at radius 1 is 1.55 bits per heavy atom. The van der Waals surface area contributed by atoms with E-state index in [2.05, 4.69) is 35.6 Å². The number of aryl methyl sites for hydroxylation is 1. The summed E-state index contributed by atoms with van der Waals surface area (Å²) >= 11 is 1.71. The van der Waals surface area contributed by atoms with Crippen LogP contribution in [0.15, 0.2) is 5.51 Å². The number of likely N-dealkylation sites (tertiary alicyclic amines) is 1. The molecule has 3 aliphatic rings. The molecule has 1 aromatic rings. The Balaban J connectivity index is 1.60. The number of nitrogens with zero attached hydrogens (tertiary/aromatic N) is 3. The standard InChI is InChI=1S/C16H23N3O2S/c1-10(2)12-8-21-16-4-5-18(7-13-11(3)17-9-22-13)14(16)6-15(20)19(12)16/h9-10,12,14H,4-8H2,1-3H3/t12-,14+,16-/m0/s1. The van der Waals surface area contributed by atoms with E-state index >= 15 is 0 Å². The number of carbonyl (C=O) groups is 1. The summed E-state index contributed by atoms with van der Waals surface area (Å²) in [6.07, 6.45) is 1.53. The van der Waals surface area contributed by atoms with Crippen molar-refractivity contribution in [2.75, 3.05) is 13.2 Å². The van der Waals surface area contributed by atoms with Gasteiger partial charge in [-0.2, -0.15) is 0 Å². The number of aromatic nitrogens is 1. The molecule has 3 atom stereocenters. The Morgan fingerprint density at radius 3 is 3.05 bits per heavy atom. The monoisotopic (exact) mass is 321 g/mol. The van der Waals surface area contributed by atoms with E-state index < -0.39 is 0 Å². The van der Waals surface area contributed by atoms with Gasteiger partial charge in [-0.15, -0.1) is 11.3 Å². The first kappa shape index (κ1) is 14.6. The molecule has 0 saturated carbocycles. The topological polar surface area (TPSA) is 45.7 Å². The quantitative estimate of drug-likeness (QED) is 0.854. The lowest BCUT2D eigenvalue weighted by Crippen LogP contribution is -2.50. The maximum atomic E-state index is 12.6. The summed E-state index contributed by atoms with van der Waals surface area (Å²) in [5.74, 6) is 0.715. The number of hydrogen-bond acceptors (Lipinski definition) is 5. The van der Waals surface area contributed by atoms with Crippen LogP contribution in [0.2, 0.25) is 0 Å². The molecular weight excluding hydrogens is 298 g/mol. The highest BCUT2D eigenvalue weighted by Crippen LogP contribution is 2.49. The summed E-state index contributed by atoms with van der Waals surface area (Å²) < 4.78 is 6.26. The average Bonchev–Trinajstić information content (AvgIpc) is 3.17. The van der Waals surface area contributed by atoms with Gasteiger partial charge in [0.25, 0.3) is 0 Å². The average molecular weight is 321 g/mol. The van der Waals surface area contributed by atoms with Gasteiger partial charge in [0.1, 0.15) is 0 Å². The molecule has 0 radical (unpaired) electrons. The molecule has 5 nitrogen and oxygen atoms in total. The maximum absolute atomic E-state index is 12.6. The van der Waals surface area contributed by atoms with Crippen LogP contribution in [-0.4, -0.2) is 51.7 Å². The Morgan fingerprint density at radius 2 is 2.36 bits per heavy atom. The van der Waals surface area contributed by atoms with E-state index in [1.54, 1.807) is 11.3 Å². The molecule has 3 fully saturated rings. The molecule has 3 aliphatic heterocycles. The van der Waals surface area contributed by atoms with Crippen molar-refractivity contribution in [3.05, 3.63) is 16.1 Å². The highest BCUT2D eigenvalue weighted by Gasteiger charge is 2.64. The van der Waals surface area contributed by atoms with Gasteiger partial charge in [0.05, 0.1) is 29.9 Å². The largest absolute Gasteiger partial charge is 0.352 e. The lowest BCUT2D eigenvalue weighted by atomic mass is 10.0. The highest BCUT2D eigenvalue weighted by molar-refractivity contribution is 7.09. The third kappa shape index (κ3) is 1.90. The van der Waals surface area contributed by atoms with Gasteiger partial charge in [0, 0.05) is 30.8 Å². The molecule has 0 aliphatic carbocycles. The molecule has 1 amide bonds. The maximum Gasteiger partial charge on any atom is 0.226 e. The van der Waals surface area contributed by atoms with Gasteiger partial charge < -0.3 is 9.64 Å². The third-order valence-electron chi connectivity index (χ3n) is 5.56. The van der Waals surface area contributed by atoms with Crippen LogP contribution in [0.4, 0.5) is 0 Å². The summed E-state index contributed by atoms with van der Waals surface area (Å²) in [6, 6.07) is 0.438. The number of rotatable bonds is 3. The van der Waals surface area contributed by atoms with Crippen molar-refractivity contribution in [3.63, 3.8) is 0 Å². The summed E-state index contributed by atoms with van der Waals surface area (Å²) in [5, 5.41) is 0. The van der Waals surface area contributed by atoms with Crippen LogP contribution in [0.25, 0.3) is 0 Å². The smallest absolute Gasteiger partial charge is 0.226 e. The third-order valence-corrected chi connectivity index (χ3v) is 6.48. The van der Waals surface area contributed by atoms with Gasteiger partial charge in [-0.1, -0.05) is 13.8 Å². The minimum absolute atomic E-state index is 0.199. The molecule has 3 saturated heterocycles. The van der Waals surface area contributed by atoms with Gasteiger partial charge in [-0.3, -0.25) is 9.69 Å². The first-order valence-electron chi connectivity index (χ1n) is 8.12. The van der Waals surface area contributed by atoms with Crippen molar-refractivity contribution in [1.29, 1.82) is 0 Å². The van der Waals surface area contributed by atoms with Gasteiger partial charge >= 0.3 is 0 Å². The SMILES string of the molecule is Cc1ncsc1CN1CC[C@@]23OC[C@@H](C(C)C)N2C(=O)C[C@@H]13. The molecule has 0 aromatic carbocycles. The van der Waals surface area contributed by atoms with Crippen molar-refractivity contribution in [3.8, 4) is 0 Å². The predicted octanol–water partition coefficient (Wildman–Crippen LogP) is 2.01. The van der Waals surface area contributed by atoms with Crippen molar-refractivity contribution >= 4 is 17.2 Å². The van der Waals surface area contributed by atoms with Crippen molar-refractivity contribution < 1.29 is 9.53 Å². The molecule has 120 valence electrons. The van der Waals surface area contributed by atoms with Crippen molar-refractivity contribution in [2.24, 2.45) is 5.92 Å². The second-order valence-corrected chi connectivity index (χ2v) is 7.97. The molecular formula is C16H23N3O2S. The summed E-state index contributed by atoms with van der Waals surface area (Å²) in [7, 11) is 0. The number of thiazole rings is 1. The zero-order valence-corrected chi connectivity index (χ0v) is 14.2. The molecule has 4 rings (SSSR count). The number of ether oxygens (including phenoxy) is 1. The number of hydrogen-bond donors (Lipinski definition) is 0. The lowest BCUT2D eigenvalue weighted by molar-refractivity contribution is -0.139. The van der Waals surface area contributed by atoms with Crippen LogP contribution < -0.4 is 0 Å². The van der Waals surface area contributed by atoms with E-state index in [9.17, 15) is 4.79 Å². The van der Waals surface area contributed by atoms with Crippen LogP contribution in [0.5, 0.6) is 0 Å². The Labute approximate surface area is 135 Å². The fourth-order valence-corrected chi connectivity index (χ4v) is 5.11.